The topological polar surface area (TPSA) is 47.6 Å². The Hall–Kier alpha value is -2.98. The van der Waals surface area contributed by atoms with Crippen LogP contribution >= 0.6 is 11.6 Å². The Morgan fingerprint density at radius 3 is 2.55 bits per heavy atom. The molecule has 29 heavy (non-hydrogen) atoms. The minimum atomic E-state index is -0.176. The van der Waals surface area contributed by atoms with Crippen LogP contribution in [-0.2, 0) is 13.2 Å². The van der Waals surface area contributed by atoms with Crippen LogP contribution in [0.1, 0.15) is 34.0 Å². The number of amides is 1. The molecule has 0 aliphatic rings. The maximum absolute atomic E-state index is 12.6. The van der Waals surface area contributed by atoms with Crippen LogP contribution in [0.15, 0.2) is 66.7 Å². The molecule has 0 bridgehead atoms. The molecule has 0 atom stereocenters. The average molecular weight is 410 g/mol. The molecule has 0 aliphatic heterocycles. The molecule has 0 spiro atoms. The van der Waals surface area contributed by atoms with Crippen molar-refractivity contribution in [2.24, 2.45) is 0 Å². The minimum Gasteiger partial charge on any atom is -0.493 e. The van der Waals surface area contributed by atoms with E-state index in [0.717, 1.165) is 22.4 Å². The van der Waals surface area contributed by atoms with Crippen molar-refractivity contribution >= 4 is 17.5 Å². The molecule has 0 saturated carbocycles. The first-order valence-corrected chi connectivity index (χ1v) is 9.91. The van der Waals surface area contributed by atoms with Crippen molar-refractivity contribution in [2.75, 3.05) is 6.61 Å². The van der Waals surface area contributed by atoms with Gasteiger partial charge in [0.05, 0.1) is 6.61 Å². The lowest BCUT2D eigenvalue weighted by molar-refractivity contribution is 0.0950. The summed E-state index contributed by atoms with van der Waals surface area (Å²) < 4.78 is 11.6. The second kappa shape index (κ2) is 9.99. The highest BCUT2D eigenvalue weighted by Gasteiger charge is 2.12. The highest BCUT2D eigenvalue weighted by atomic mass is 35.5. The summed E-state index contributed by atoms with van der Waals surface area (Å²) in [5.74, 6) is 1.31. The number of nitrogens with one attached hydrogen (secondary N) is 1. The smallest absolute Gasteiger partial charge is 0.251 e. The van der Waals surface area contributed by atoms with Crippen molar-refractivity contribution in [3.05, 3.63) is 94.0 Å². The van der Waals surface area contributed by atoms with Gasteiger partial charge >= 0.3 is 0 Å². The molecule has 0 fully saturated rings. The van der Waals surface area contributed by atoms with Gasteiger partial charge in [-0.05, 0) is 61.4 Å². The van der Waals surface area contributed by atoms with Gasteiger partial charge in [-0.2, -0.15) is 0 Å². The van der Waals surface area contributed by atoms with Gasteiger partial charge in [-0.3, -0.25) is 4.79 Å². The SMILES string of the molecule is CCOc1ccc(C(=O)NCc2ccccc2Cl)cc1COc1cccc(C)c1. The molecule has 1 amide bonds. The van der Waals surface area contributed by atoms with Crippen molar-refractivity contribution < 1.29 is 14.3 Å². The standard InChI is InChI=1S/C24H24ClNO3/c1-3-28-23-12-11-18(24(27)26-15-19-8-4-5-10-22(19)25)14-20(23)16-29-21-9-6-7-17(2)13-21/h4-14H,3,15-16H2,1-2H3,(H,26,27). The maximum Gasteiger partial charge on any atom is 0.251 e. The van der Waals surface area contributed by atoms with Crippen molar-refractivity contribution in [1.82, 2.24) is 5.32 Å². The lowest BCUT2D eigenvalue weighted by Crippen LogP contribution is -2.23. The van der Waals surface area contributed by atoms with E-state index >= 15 is 0 Å². The fourth-order valence-electron chi connectivity index (χ4n) is 2.92. The first-order valence-electron chi connectivity index (χ1n) is 9.53. The van der Waals surface area contributed by atoms with Crippen molar-refractivity contribution in [2.45, 2.75) is 27.0 Å². The monoisotopic (exact) mass is 409 g/mol. The number of ether oxygens (including phenoxy) is 2. The number of hydrogen-bond donors (Lipinski definition) is 1. The Kier molecular flexibility index (Phi) is 7.14. The molecule has 150 valence electrons. The molecule has 4 nitrogen and oxygen atoms in total. The lowest BCUT2D eigenvalue weighted by atomic mass is 10.1. The number of carbonyl (C=O) groups is 1. The van der Waals surface area contributed by atoms with Crippen LogP contribution in [0.5, 0.6) is 11.5 Å². The van der Waals surface area contributed by atoms with E-state index < -0.39 is 0 Å². The second-order valence-electron chi connectivity index (χ2n) is 6.63. The summed E-state index contributed by atoms with van der Waals surface area (Å²) in [6, 6.07) is 20.7. The summed E-state index contributed by atoms with van der Waals surface area (Å²) in [5.41, 5.74) is 3.36. The average Bonchev–Trinajstić information content (AvgIpc) is 2.72. The number of carbonyl (C=O) groups excluding carboxylic acids is 1. The number of aryl methyl sites for hydroxylation is 1. The lowest BCUT2D eigenvalue weighted by Gasteiger charge is -2.14. The molecule has 5 heteroatoms. The molecule has 0 unspecified atom stereocenters. The zero-order valence-corrected chi connectivity index (χ0v) is 17.3. The van der Waals surface area contributed by atoms with Gasteiger partial charge in [0.1, 0.15) is 18.1 Å². The molecule has 3 rings (SSSR count). The summed E-state index contributed by atoms with van der Waals surface area (Å²) in [6.07, 6.45) is 0. The van der Waals surface area contributed by atoms with Crippen LogP contribution in [0, 0.1) is 6.92 Å². The van der Waals surface area contributed by atoms with Crippen LogP contribution in [0.25, 0.3) is 0 Å². The van der Waals surface area contributed by atoms with Gasteiger partial charge in [0.15, 0.2) is 0 Å². The zero-order valence-electron chi connectivity index (χ0n) is 16.6. The Bertz CT molecular complexity index is 987. The van der Waals surface area contributed by atoms with Crippen LogP contribution < -0.4 is 14.8 Å². The van der Waals surface area contributed by atoms with E-state index in [1.807, 2.05) is 68.4 Å². The molecule has 0 radical (unpaired) electrons. The number of benzene rings is 3. The van der Waals surface area contributed by atoms with Gasteiger partial charge in [0, 0.05) is 22.7 Å². The van der Waals surface area contributed by atoms with Gasteiger partial charge < -0.3 is 14.8 Å². The molecule has 1 N–H and O–H groups in total. The summed E-state index contributed by atoms with van der Waals surface area (Å²) in [5, 5.41) is 3.54. The summed E-state index contributed by atoms with van der Waals surface area (Å²) in [7, 11) is 0. The highest BCUT2D eigenvalue weighted by molar-refractivity contribution is 6.31. The second-order valence-corrected chi connectivity index (χ2v) is 7.04. The van der Waals surface area contributed by atoms with E-state index in [1.165, 1.54) is 0 Å². The minimum absolute atomic E-state index is 0.176. The molecule has 0 heterocycles. The van der Waals surface area contributed by atoms with Crippen LogP contribution in [0.3, 0.4) is 0 Å². The highest BCUT2D eigenvalue weighted by Crippen LogP contribution is 2.23. The Morgan fingerprint density at radius 2 is 1.79 bits per heavy atom. The largest absolute Gasteiger partial charge is 0.493 e. The van der Waals surface area contributed by atoms with Gasteiger partial charge in [-0.15, -0.1) is 0 Å². The quantitative estimate of drug-likeness (QED) is 0.530. The fraction of sp³-hybridized carbons (Fsp3) is 0.208. The summed E-state index contributed by atoms with van der Waals surface area (Å²) in [6.45, 7) is 5.15. The third kappa shape index (κ3) is 5.75. The Labute approximate surface area is 176 Å². The van der Waals surface area contributed by atoms with Crippen LogP contribution in [0.4, 0.5) is 0 Å². The normalized spacial score (nSPS) is 10.4. The number of hydrogen-bond acceptors (Lipinski definition) is 3. The molecule has 0 saturated heterocycles. The third-order valence-electron chi connectivity index (χ3n) is 4.40. The first-order chi connectivity index (χ1) is 14.1. The van der Waals surface area contributed by atoms with Crippen molar-refractivity contribution in [1.29, 1.82) is 0 Å². The molecule has 3 aromatic carbocycles. The van der Waals surface area contributed by atoms with Gasteiger partial charge in [-0.25, -0.2) is 0 Å². The van der Waals surface area contributed by atoms with Gasteiger partial charge in [0.2, 0.25) is 0 Å². The third-order valence-corrected chi connectivity index (χ3v) is 4.77. The zero-order chi connectivity index (χ0) is 20.6. The van der Waals surface area contributed by atoms with Gasteiger partial charge in [0.25, 0.3) is 5.91 Å². The molecular weight excluding hydrogens is 386 g/mol. The van der Waals surface area contributed by atoms with E-state index in [1.54, 1.807) is 12.1 Å². The summed E-state index contributed by atoms with van der Waals surface area (Å²) in [4.78, 5) is 12.6. The molecule has 0 aromatic heterocycles. The number of halogens is 1. The van der Waals surface area contributed by atoms with E-state index in [9.17, 15) is 4.79 Å². The Balaban J connectivity index is 1.72. The molecule has 0 aliphatic carbocycles. The number of rotatable bonds is 8. The van der Waals surface area contributed by atoms with E-state index in [-0.39, 0.29) is 5.91 Å². The Morgan fingerprint density at radius 1 is 0.966 bits per heavy atom. The van der Waals surface area contributed by atoms with Crippen molar-refractivity contribution in [3.8, 4) is 11.5 Å². The predicted octanol–water partition coefficient (Wildman–Crippen LogP) is 5.56. The van der Waals surface area contributed by atoms with E-state index in [4.69, 9.17) is 21.1 Å². The van der Waals surface area contributed by atoms with Crippen LogP contribution in [-0.4, -0.2) is 12.5 Å². The molecular formula is C24H24ClNO3. The van der Waals surface area contributed by atoms with E-state index in [2.05, 4.69) is 5.32 Å². The summed E-state index contributed by atoms with van der Waals surface area (Å²) >= 11 is 6.16. The fourth-order valence-corrected chi connectivity index (χ4v) is 3.12. The maximum atomic E-state index is 12.6. The molecule has 3 aromatic rings. The van der Waals surface area contributed by atoms with E-state index in [0.29, 0.717) is 36.1 Å². The predicted molar refractivity (Wildman–Crippen MR) is 116 cm³/mol. The first kappa shape index (κ1) is 20.7. The van der Waals surface area contributed by atoms with Gasteiger partial charge in [-0.1, -0.05) is 41.9 Å². The van der Waals surface area contributed by atoms with Crippen LogP contribution in [0.2, 0.25) is 5.02 Å². The van der Waals surface area contributed by atoms with Crippen molar-refractivity contribution in [3.63, 3.8) is 0 Å².